The molecule has 1 N–H and O–H groups in total. The first-order valence-corrected chi connectivity index (χ1v) is 8.80. The summed E-state index contributed by atoms with van der Waals surface area (Å²) in [6, 6.07) is 13.0. The zero-order valence-electron chi connectivity index (χ0n) is 14.6. The standard InChI is InChI=1S/C20H21N3O3/c1-22-16-8-3-2-6-14(16)12-18(22)20(25)23-10-4-9-17(23)19(24)21-13-15-7-5-11-26-15/h2-3,5-8,11-12,17H,4,9-10,13H2,1H3,(H,21,24)/t17-/m1/s1. The van der Waals surface area contributed by atoms with Gasteiger partial charge in [-0.2, -0.15) is 0 Å². The summed E-state index contributed by atoms with van der Waals surface area (Å²) in [6.45, 7) is 0.928. The van der Waals surface area contributed by atoms with E-state index in [1.165, 1.54) is 0 Å². The molecule has 0 bridgehead atoms. The van der Waals surface area contributed by atoms with Gasteiger partial charge in [0.1, 0.15) is 17.5 Å². The fourth-order valence-electron chi connectivity index (χ4n) is 3.63. The average molecular weight is 351 g/mol. The number of hydrogen-bond donors (Lipinski definition) is 1. The molecule has 4 rings (SSSR count). The molecule has 134 valence electrons. The van der Waals surface area contributed by atoms with E-state index in [2.05, 4.69) is 5.32 Å². The van der Waals surface area contributed by atoms with Crippen molar-refractivity contribution in [2.24, 2.45) is 7.05 Å². The van der Waals surface area contributed by atoms with E-state index in [0.29, 0.717) is 31.0 Å². The van der Waals surface area contributed by atoms with Crippen molar-refractivity contribution < 1.29 is 14.0 Å². The van der Waals surface area contributed by atoms with Crippen LogP contribution in [-0.4, -0.2) is 33.9 Å². The molecule has 1 fully saturated rings. The van der Waals surface area contributed by atoms with E-state index in [1.807, 2.05) is 48.0 Å². The van der Waals surface area contributed by atoms with Gasteiger partial charge in [0, 0.05) is 24.5 Å². The molecule has 1 atom stereocenters. The van der Waals surface area contributed by atoms with E-state index in [-0.39, 0.29) is 11.8 Å². The van der Waals surface area contributed by atoms with Crippen LogP contribution in [0.4, 0.5) is 0 Å². The maximum atomic E-state index is 13.1. The summed E-state index contributed by atoms with van der Waals surface area (Å²) < 4.78 is 7.14. The summed E-state index contributed by atoms with van der Waals surface area (Å²) in [7, 11) is 1.89. The second-order valence-electron chi connectivity index (χ2n) is 6.60. The Morgan fingerprint density at radius 1 is 1.23 bits per heavy atom. The number of nitrogens with zero attached hydrogens (tertiary/aromatic N) is 2. The van der Waals surface area contributed by atoms with Crippen LogP contribution >= 0.6 is 0 Å². The molecule has 3 aromatic rings. The minimum atomic E-state index is -0.435. The molecule has 0 unspecified atom stereocenters. The van der Waals surface area contributed by atoms with Crippen molar-refractivity contribution in [2.45, 2.75) is 25.4 Å². The van der Waals surface area contributed by atoms with Gasteiger partial charge >= 0.3 is 0 Å². The maximum absolute atomic E-state index is 13.1. The molecule has 6 heteroatoms. The minimum Gasteiger partial charge on any atom is -0.467 e. The van der Waals surface area contributed by atoms with Crippen molar-refractivity contribution >= 4 is 22.7 Å². The smallest absolute Gasteiger partial charge is 0.271 e. The molecule has 26 heavy (non-hydrogen) atoms. The third kappa shape index (κ3) is 2.87. The third-order valence-corrected chi connectivity index (χ3v) is 5.00. The van der Waals surface area contributed by atoms with Crippen molar-refractivity contribution in [3.8, 4) is 0 Å². The number of carbonyl (C=O) groups excluding carboxylic acids is 2. The molecule has 6 nitrogen and oxygen atoms in total. The number of carbonyl (C=O) groups is 2. The quantitative estimate of drug-likeness (QED) is 0.786. The molecule has 0 radical (unpaired) electrons. The number of likely N-dealkylation sites (tertiary alicyclic amines) is 1. The first-order valence-electron chi connectivity index (χ1n) is 8.80. The van der Waals surface area contributed by atoms with Crippen molar-refractivity contribution in [1.29, 1.82) is 0 Å². The van der Waals surface area contributed by atoms with Gasteiger partial charge in [0.25, 0.3) is 5.91 Å². The van der Waals surface area contributed by atoms with Crippen LogP contribution in [0.25, 0.3) is 10.9 Å². The number of furan rings is 1. The molecular formula is C20H21N3O3. The van der Waals surface area contributed by atoms with Gasteiger partial charge in [0.15, 0.2) is 0 Å². The molecule has 3 heterocycles. The van der Waals surface area contributed by atoms with Gasteiger partial charge in [-0.1, -0.05) is 18.2 Å². The lowest BCUT2D eigenvalue weighted by molar-refractivity contribution is -0.125. The first kappa shape index (κ1) is 16.4. The van der Waals surface area contributed by atoms with E-state index in [4.69, 9.17) is 4.42 Å². The Balaban J connectivity index is 1.52. The summed E-state index contributed by atoms with van der Waals surface area (Å²) >= 11 is 0. The van der Waals surface area contributed by atoms with Crippen LogP contribution in [0.15, 0.2) is 53.1 Å². The van der Waals surface area contributed by atoms with Crippen molar-refractivity contribution in [3.05, 3.63) is 60.2 Å². The highest BCUT2D eigenvalue weighted by Gasteiger charge is 2.35. The molecule has 2 aromatic heterocycles. The summed E-state index contributed by atoms with van der Waals surface area (Å²) in [5, 5.41) is 3.90. The SMILES string of the molecule is Cn1c(C(=O)N2CCC[C@@H]2C(=O)NCc2ccco2)cc2ccccc21. The lowest BCUT2D eigenvalue weighted by atomic mass is 10.2. The fourth-order valence-corrected chi connectivity index (χ4v) is 3.63. The number of fused-ring (bicyclic) bond motifs is 1. The molecule has 0 saturated carbocycles. The van der Waals surface area contributed by atoms with E-state index < -0.39 is 6.04 Å². The molecule has 1 aliphatic rings. The van der Waals surface area contributed by atoms with Crippen LogP contribution in [0.5, 0.6) is 0 Å². The number of rotatable bonds is 4. The highest BCUT2D eigenvalue weighted by molar-refractivity contribution is 6.01. The molecule has 0 aliphatic carbocycles. The highest BCUT2D eigenvalue weighted by atomic mass is 16.3. The van der Waals surface area contributed by atoms with E-state index in [1.54, 1.807) is 17.2 Å². The number of amides is 2. The second kappa shape index (κ2) is 6.71. The number of aromatic nitrogens is 1. The van der Waals surface area contributed by atoms with Crippen molar-refractivity contribution in [3.63, 3.8) is 0 Å². The number of nitrogens with one attached hydrogen (secondary N) is 1. The number of benzene rings is 1. The maximum Gasteiger partial charge on any atom is 0.271 e. The van der Waals surface area contributed by atoms with E-state index >= 15 is 0 Å². The van der Waals surface area contributed by atoms with Crippen LogP contribution < -0.4 is 5.32 Å². The van der Waals surface area contributed by atoms with Gasteiger partial charge in [-0.25, -0.2) is 0 Å². The Hall–Kier alpha value is -3.02. The molecular weight excluding hydrogens is 330 g/mol. The Bertz CT molecular complexity index is 943. The molecule has 0 spiro atoms. The van der Waals surface area contributed by atoms with E-state index in [0.717, 1.165) is 17.3 Å². The fraction of sp³-hybridized carbons (Fsp3) is 0.300. The summed E-state index contributed by atoms with van der Waals surface area (Å²) in [4.78, 5) is 27.4. The Morgan fingerprint density at radius 3 is 2.85 bits per heavy atom. The number of aryl methyl sites for hydroxylation is 1. The van der Waals surface area contributed by atoms with Crippen LogP contribution in [0.2, 0.25) is 0 Å². The van der Waals surface area contributed by atoms with Crippen LogP contribution in [-0.2, 0) is 18.4 Å². The Morgan fingerprint density at radius 2 is 2.08 bits per heavy atom. The Kier molecular flexibility index (Phi) is 4.24. The molecule has 1 saturated heterocycles. The molecule has 1 aromatic carbocycles. The van der Waals surface area contributed by atoms with Gasteiger partial charge in [0.2, 0.25) is 5.91 Å². The molecule has 2 amide bonds. The topological polar surface area (TPSA) is 67.5 Å². The first-order chi connectivity index (χ1) is 12.6. The average Bonchev–Trinajstić information content (AvgIpc) is 3.40. The van der Waals surface area contributed by atoms with Crippen molar-refractivity contribution in [1.82, 2.24) is 14.8 Å². The lowest BCUT2D eigenvalue weighted by Crippen LogP contribution is -2.46. The normalized spacial score (nSPS) is 17.0. The van der Waals surface area contributed by atoms with Crippen LogP contribution in [0.1, 0.15) is 29.1 Å². The van der Waals surface area contributed by atoms with Crippen LogP contribution in [0, 0.1) is 0 Å². The van der Waals surface area contributed by atoms with Gasteiger partial charge in [-0.05, 0) is 37.1 Å². The van der Waals surface area contributed by atoms with Gasteiger partial charge in [-0.15, -0.1) is 0 Å². The zero-order chi connectivity index (χ0) is 18.1. The summed E-state index contributed by atoms with van der Waals surface area (Å²) in [5.74, 6) is 0.466. The monoisotopic (exact) mass is 351 g/mol. The summed E-state index contributed by atoms with van der Waals surface area (Å²) in [6.07, 6.45) is 3.08. The molecule has 1 aliphatic heterocycles. The van der Waals surface area contributed by atoms with Crippen LogP contribution in [0.3, 0.4) is 0 Å². The van der Waals surface area contributed by atoms with E-state index in [9.17, 15) is 9.59 Å². The van der Waals surface area contributed by atoms with Crippen molar-refractivity contribution in [2.75, 3.05) is 6.54 Å². The highest BCUT2D eigenvalue weighted by Crippen LogP contribution is 2.24. The third-order valence-electron chi connectivity index (χ3n) is 5.00. The van der Waals surface area contributed by atoms with Gasteiger partial charge in [-0.3, -0.25) is 9.59 Å². The largest absolute Gasteiger partial charge is 0.467 e. The minimum absolute atomic E-state index is 0.0978. The predicted octanol–water partition coefficient (Wildman–Crippen LogP) is 2.69. The predicted molar refractivity (Wildman–Crippen MR) is 97.5 cm³/mol. The Labute approximate surface area is 151 Å². The number of para-hydroxylation sites is 1. The second-order valence-corrected chi connectivity index (χ2v) is 6.60. The van der Waals surface area contributed by atoms with Gasteiger partial charge < -0.3 is 19.2 Å². The summed E-state index contributed by atoms with van der Waals surface area (Å²) in [5.41, 5.74) is 1.62. The zero-order valence-corrected chi connectivity index (χ0v) is 14.6. The lowest BCUT2D eigenvalue weighted by Gasteiger charge is -2.24. The van der Waals surface area contributed by atoms with Gasteiger partial charge in [0.05, 0.1) is 12.8 Å². The number of hydrogen-bond acceptors (Lipinski definition) is 3.